The topological polar surface area (TPSA) is 24.4 Å². The summed E-state index contributed by atoms with van der Waals surface area (Å²) < 4.78 is 0. The van der Waals surface area contributed by atoms with E-state index in [4.69, 9.17) is 0 Å². The van der Waals surface area contributed by atoms with Crippen LogP contribution in [0.15, 0.2) is 16.4 Å². The SMILES string of the molecule is CN/C(C)=C(/C)N=C(C)C. The lowest BCUT2D eigenvalue weighted by atomic mass is 10.3. The van der Waals surface area contributed by atoms with Gasteiger partial charge in [0.05, 0.1) is 5.70 Å². The fraction of sp³-hybridized carbons (Fsp3) is 0.625. The Morgan fingerprint density at radius 1 is 1.10 bits per heavy atom. The van der Waals surface area contributed by atoms with Gasteiger partial charge >= 0.3 is 0 Å². The summed E-state index contributed by atoms with van der Waals surface area (Å²) in [5, 5.41) is 3.04. The van der Waals surface area contributed by atoms with Crippen LogP contribution in [0.25, 0.3) is 0 Å². The molecule has 0 aromatic rings. The van der Waals surface area contributed by atoms with Crippen molar-refractivity contribution >= 4 is 5.71 Å². The molecule has 0 saturated heterocycles. The van der Waals surface area contributed by atoms with E-state index in [2.05, 4.69) is 10.3 Å². The Kier molecular flexibility index (Phi) is 3.77. The van der Waals surface area contributed by atoms with E-state index in [1.165, 1.54) is 0 Å². The molecular weight excluding hydrogens is 124 g/mol. The highest BCUT2D eigenvalue weighted by Gasteiger charge is 1.89. The van der Waals surface area contributed by atoms with Gasteiger partial charge in [0.2, 0.25) is 0 Å². The number of aliphatic imine (C=N–C) groups is 1. The van der Waals surface area contributed by atoms with Crippen LogP contribution < -0.4 is 5.32 Å². The molecule has 0 aliphatic rings. The summed E-state index contributed by atoms with van der Waals surface area (Å²) in [6.07, 6.45) is 0. The maximum atomic E-state index is 4.28. The third-order valence-electron chi connectivity index (χ3n) is 1.31. The fourth-order valence-corrected chi connectivity index (χ4v) is 0.600. The van der Waals surface area contributed by atoms with Crippen molar-refractivity contribution in [2.75, 3.05) is 7.05 Å². The van der Waals surface area contributed by atoms with Crippen LogP contribution >= 0.6 is 0 Å². The molecule has 0 spiro atoms. The third kappa shape index (κ3) is 3.28. The first-order valence-electron chi connectivity index (χ1n) is 3.45. The molecule has 0 heterocycles. The van der Waals surface area contributed by atoms with Gasteiger partial charge in [-0.1, -0.05) is 0 Å². The highest BCUT2D eigenvalue weighted by atomic mass is 14.9. The highest BCUT2D eigenvalue weighted by molar-refractivity contribution is 5.80. The summed E-state index contributed by atoms with van der Waals surface area (Å²) in [6.45, 7) is 8.00. The van der Waals surface area contributed by atoms with Gasteiger partial charge in [-0.2, -0.15) is 0 Å². The van der Waals surface area contributed by atoms with Crippen molar-refractivity contribution in [2.24, 2.45) is 4.99 Å². The van der Waals surface area contributed by atoms with E-state index in [0.29, 0.717) is 0 Å². The first kappa shape index (κ1) is 9.21. The zero-order valence-corrected chi connectivity index (χ0v) is 7.45. The van der Waals surface area contributed by atoms with E-state index >= 15 is 0 Å². The Labute approximate surface area is 63.0 Å². The van der Waals surface area contributed by atoms with Gasteiger partial charge in [-0.05, 0) is 27.7 Å². The first-order chi connectivity index (χ1) is 4.57. The maximum Gasteiger partial charge on any atom is 0.0557 e. The lowest BCUT2D eigenvalue weighted by molar-refractivity contribution is 0.948. The van der Waals surface area contributed by atoms with Gasteiger partial charge in [-0.25, -0.2) is 0 Å². The minimum Gasteiger partial charge on any atom is -0.390 e. The number of nitrogens with zero attached hydrogens (tertiary/aromatic N) is 1. The van der Waals surface area contributed by atoms with Crippen LogP contribution in [-0.2, 0) is 0 Å². The summed E-state index contributed by atoms with van der Waals surface area (Å²) in [5.41, 5.74) is 3.27. The molecule has 2 nitrogen and oxygen atoms in total. The van der Waals surface area contributed by atoms with Crippen LogP contribution in [0.3, 0.4) is 0 Å². The van der Waals surface area contributed by atoms with E-state index in [1.54, 1.807) is 0 Å². The lowest BCUT2D eigenvalue weighted by Gasteiger charge is -2.01. The van der Waals surface area contributed by atoms with Crippen molar-refractivity contribution in [1.29, 1.82) is 0 Å². The molecule has 10 heavy (non-hydrogen) atoms. The number of allylic oxidation sites excluding steroid dienone is 2. The van der Waals surface area contributed by atoms with E-state index in [9.17, 15) is 0 Å². The zero-order chi connectivity index (χ0) is 8.15. The maximum absolute atomic E-state index is 4.28. The van der Waals surface area contributed by atoms with Crippen LogP contribution in [0.5, 0.6) is 0 Å². The zero-order valence-electron chi connectivity index (χ0n) is 7.45. The normalized spacial score (nSPS) is 12.1. The van der Waals surface area contributed by atoms with Crippen LogP contribution in [0.1, 0.15) is 27.7 Å². The van der Waals surface area contributed by atoms with Gasteiger partial charge in [0.1, 0.15) is 0 Å². The molecule has 1 N–H and O–H groups in total. The van der Waals surface area contributed by atoms with Gasteiger partial charge in [-0.15, -0.1) is 0 Å². The van der Waals surface area contributed by atoms with E-state index in [1.807, 2.05) is 34.7 Å². The predicted molar refractivity (Wildman–Crippen MR) is 46.2 cm³/mol. The van der Waals surface area contributed by atoms with Gasteiger partial charge in [0, 0.05) is 18.5 Å². The summed E-state index contributed by atoms with van der Waals surface area (Å²) in [6, 6.07) is 0. The molecule has 0 fully saturated rings. The molecule has 0 aliphatic carbocycles. The Bertz CT molecular complexity index is 162. The molecule has 2 heteroatoms. The number of hydrogen-bond acceptors (Lipinski definition) is 2. The largest absolute Gasteiger partial charge is 0.390 e. The molecule has 0 radical (unpaired) electrons. The van der Waals surface area contributed by atoms with Crippen molar-refractivity contribution in [3.05, 3.63) is 11.4 Å². The quantitative estimate of drug-likeness (QED) is 0.582. The monoisotopic (exact) mass is 140 g/mol. The van der Waals surface area contributed by atoms with Gasteiger partial charge in [0.25, 0.3) is 0 Å². The van der Waals surface area contributed by atoms with Crippen molar-refractivity contribution in [2.45, 2.75) is 27.7 Å². The van der Waals surface area contributed by atoms with Crippen LogP contribution in [0.2, 0.25) is 0 Å². The van der Waals surface area contributed by atoms with Gasteiger partial charge in [-0.3, -0.25) is 4.99 Å². The lowest BCUT2D eigenvalue weighted by Crippen LogP contribution is -2.03. The molecule has 0 rings (SSSR count). The van der Waals surface area contributed by atoms with Gasteiger partial charge < -0.3 is 5.32 Å². The number of nitrogens with one attached hydrogen (secondary N) is 1. The first-order valence-corrected chi connectivity index (χ1v) is 3.45. The molecular formula is C8H16N2. The summed E-state index contributed by atoms with van der Waals surface area (Å²) in [5.74, 6) is 0. The van der Waals surface area contributed by atoms with E-state index < -0.39 is 0 Å². The molecule has 58 valence electrons. The minimum atomic E-state index is 1.06. The van der Waals surface area contributed by atoms with Crippen molar-refractivity contribution in [3.63, 3.8) is 0 Å². The average Bonchev–Trinajstić information content (AvgIpc) is 1.85. The third-order valence-corrected chi connectivity index (χ3v) is 1.31. The standard InChI is InChI=1S/C8H16N2/c1-6(2)10-8(4)7(3)9-5/h9H,1-5H3/b8-7-. The Morgan fingerprint density at radius 2 is 1.60 bits per heavy atom. The molecule has 0 atom stereocenters. The highest BCUT2D eigenvalue weighted by Crippen LogP contribution is 2.00. The Hall–Kier alpha value is -0.790. The minimum absolute atomic E-state index is 1.06. The van der Waals surface area contributed by atoms with E-state index in [0.717, 1.165) is 17.1 Å². The van der Waals surface area contributed by atoms with Crippen LogP contribution in [0.4, 0.5) is 0 Å². The summed E-state index contributed by atoms with van der Waals surface area (Å²) >= 11 is 0. The van der Waals surface area contributed by atoms with E-state index in [-0.39, 0.29) is 0 Å². The number of hydrogen-bond donors (Lipinski definition) is 1. The average molecular weight is 140 g/mol. The molecule has 0 bridgehead atoms. The Morgan fingerprint density at radius 3 is 1.90 bits per heavy atom. The van der Waals surface area contributed by atoms with Crippen molar-refractivity contribution in [1.82, 2.24) is 5.32 Å². The predicted octanol–water partition coefficient (Wildman–Crippen LogP) is 1.94. The summed E-state index contributed by atoms with van der Waals surface area (Å²) in [4.78, 5) is 4.28. The van der Waals surface area contributed by atoms with Crippen molar-refractivity contribution < 1.29 is 0 Å². The van der Waals surface area contributed by atoms with Crippen molar-refractivity contribution in [3.8, 4) is 0 Å². The Balaban J connectivity index is 4.33. The fourth-order valence-electron chi connectivity index (χ4n) is 0.600. The molecule has 0 amide bonds. The second-order valence-electron chi connectivity index (χ2n) is 2.52. The van der Waals surface area contributed by atoms with Gasteiger partial charge in [0.15, 0.2) is 0 Å². The molecule has 0 aromatic carbocycles. The molecule has 0 unspecified atom stereocenters. The van der Waals surface area contributed by atoms with Crippen LogP contribution in [-0.4, -0.2) is 12.8 Å². The number of rotatable bonds is 2. The second kappa shape index (κ2) is 4.09. The summed E-state index contributed by atoms with van der Waals surface area (Å²) in [7, 11) is 1.90. The van der Waals surface area contributed by atoms with Crippen LogP contribution in [0, 0.1) is 0 Å². The molecule has 0 aromatic heterocycles. The second-order valence-corrected chi connectivity index (χ2v) is 2.52. The molecule has 0 saturated carbocycles. The molecule has 0 aliphatic heterocycles. The smallest absolute Gasteiger partial charge is 0.0557 e.